The topological polar surface area (TPSA) is 103 Å². The smallest absolute Gasteiger partial charge is 0.285 e. The van der Waals surface area contributed by atoms with Crippen LogP contribution in [-0.4, -0.2) is 25.6 Å². The monoisotopic (exact) mass is 508 g/mol. The molecule has 0 unspecified atom stereocenters. The lowest BCUT2D eigenvalue weighted by Gasteiger charge is -2.22. The molecule has 154 valence electrons. The first-order valence-corrected chi connectivity index (χ1v) is 11.9. The predicted octanol–water partition coefficient (Wildman–Crippen LogP) is 3.94. The Morgan fingerprint density at radius 1 is 1.23 bits per heavy atom. The molecule has 1 amide bonds. The standard InChI is InChI=1S/C19H14BrFN4O3S2/c1-30(27,28)24-18(26)16-17(20)29-19(23-16)25(11-13-2-6-14(21)7-3-13)15-8-4-12(10-22)5-9-15/h2-9H,11H2,1H3,(H,24,26). The number of thiazole rings is 1. The number of rotatable bonds is 6. The molecule has 1 heterocycles. The Kier molecular flexibility index (Phi) is 6.50. The maximum Gasteiger partial charge on any atom is 0.285 e. The van der Waals surface area contributed by atoms with E-state index in [0.29, 0.717) is 26.7 Å². The molecule has 1 aromatic heterocycles. The Labute approximate surface area is 185 Å². The fraction of sp³-hybridized carbons (Fsp3) is 0.105. The first-order chi connectivity index (χ1) is 14.2. The van der Waals surface area contributed by atoms with E-state index in [4.69, 9.17) is 5.26 Å². The van der Waals surface area contributed by atoms with Gasteiger partial charge in [-0.15, -0.1) is 0 Å². The van der Waals surface area contributed by atoms with Crippen LogP contribution < -0.4 is 9.62 Å². The number of halogens is 2. The quantitative estimate of drug-likeness (QED) is 0.540. The van der Waals surface area contributed by atoms with Crippen LogP contribution in [0, 0.1) is 17.1 Å². The van der Waals surface area contributed by atoms with Crippen LogP contribution in [0.15, 0.2) is 52.3 Å². The third-order valence-electron chi connectivity index (χ3n) is 3.86. The zero-order chi connectivity index (χ0) is 21.9. The number of nitrogens with one attached hydrogen (secondary N) is 1. The van der Waals surface area contributed by atoms with E-state index in [1.54, 1.807) is 41.3 Å². The summed E-state index contributed by atoms with van der Waals surface area (Å²) in [5, 5.41) is 9.44. The van der Waals surface area contributed by atoms with Crippen molar-refractivity contribution in [3.63, 3.8) is 0 Å². The van der Waals surface area contributed by atoms with Gasteiger partial charge in [0.25, 0.3) is 5.91 Å². The Morgan fingerprint density at radius 3 is 2.43 bits per heavy atom. The van der Waals surface area contributed by atoms with Gasteiger partial charge in [-0.1, -0.05) is 23.5 Å². The van der Waals surface area contributed by atoms with E-state index in [0.717, 1.165) is 23.2 Å². The molecule has 0 spiro atoms. The molecular formula is C19H14BrFN4O3S2. The number of carbonyl (C=O) groups excluding carboxylic acids is 1. The predicted molar refractivity (Wildman–Crippen MR) is 116 cm³/mol. The zero-order valence-corrected chi connectivity index (χ0v) is 18.7. The fourth-order valence-corrected chi connectivity index (χ4v) is 4.47. The number of carbonyl (C=O) groups is 1. The first kappa shape index (κ1) is 21.9. The van der Waals surface area contributed by atoms with Gasteiger partial charge in [-0.3, -0.25) is 4.79 Å². The van der Waals surface area contributed by atoms with E-state index in [2.05, 4.69) is 20.9 Å². The molecule has 0 bridgehead atoms. The summed E-state index contributed by atoms with van der Waals surface area (Å²) in [5.74, 6) is -1.21. The molecular weight excluding hydrogens is 495 g/mol. The molecule has 11 heteroatoms. The first-order valence-electron chi connectivity index (χ1n) is 8.37. The van der Waals surface area contributed by atoms with E-state index >= 15 is 0 Å². The third kappa shape index (κ3) is 5.41. The normalized spacial score (nSPS) is 11.0. The van der Waals surface area contributed by atoms with E-state index in [1.165, 1.54) is 12.1 Å². The fourth-order valence-electron chi connectivity index (χ4n) is 2.52. The molecule has 0 fully saturated rings. The lowest BCUT2D eigenvalue weighted by Crippen LogP contribution is -2.30. The molecule has 3 rings (SSSR count). The molecule has 0 atom stereocenters. The van der Waals surface area contributed by atoms with Crippen molar-refractivity contribution >= 4 is 54.0 Å². The molecule has 0 aliphatic heterocycles. The van der Waals surface area contributed by atoms with Gasteiger partial charge in [0.05, 0.1) is 24.4 Å². The SMILES string of the molecule is CS(=O)(=O)NC(=O)c1nc(N(Cc2ccc(F)cc2)c2ccc(C#N)cc2)sc1Br. The number of benzene rings is 2. The minimum atomic E-state index is -3.75. The zero-order valence-electron chi connectivity index (χ0n) is 15.5. The molecule has 0 aliphatic carbocycles. The number of hydrogen-bond donors (Lipinski definition) is 1. The van der Waals surface area contributed by atoms with Crippen molar-refractivity contribution in [3.8, 4) is 6.07 Å². The van der Waals surface area contributed by atoms with Crippen LogP contribution in [0.2, 0.25) is 0 Å². The minimum absolute atomic E-state index is 0.0711. The number of amides is 1. The van der Waals surface area contributed by atoms with Crippen LogP contribution in [0.5, 0.6) is 0 Å². The summed E-state index contributed by atoms with van der Waals surface area (Å²) in [4.78, 5) is 18.3. The maximum absolute atomic E-state index is 13.3. The van der Waals surface area contributed by atoms with Crippen molar-refractivity contribution in [1.82, 2.24) is 9.71 Å². The summed E-state index contributed by atoms with van der Waals surface area (Å²) in [6, 6.07) is 14.7. The van der Waals surface area contributed by atoms with Gasteiger partial charge in [-0.25, -0.2) is 22.5 Å². The lowest BCUT2D eigenvalue weighted by molar-refractivity contribution is 0.0977. The molecule has 7 nitrogen and oxygen atoms in total. The van der Waals surface area contributed by atoms with Gasteiger partial charge in [0.2, 0.25) is 10.0 Å². The summed E-state index contributed by atoms with van der Waals surface area (Å²) in [5.41, 5.74) is 1.89. The number of sulfonamides is 1. The van der Waals surface area contributed by atoms with Crippen LogP contribution in [0.4, 0.5) is 15.2 Å². The average Bonchev–Trinajstić information content (AvgIpc) is 3.08. The summed E-state index contributed by atoms with van der Waals surface area (Å²) < 4.78 is 38.3. The van der Waals surface area contributed by atoms with Gasteiger partial charge in [0, 0.05) is 5.69 Å². The van der Waals surface area contributed by atoms with Crippen LogP contribution in [-0.2, 0) is 16.6 Å². The molecule has 3 aromatic rings. The van der Waals surface area contributed by atoms with Crippen molar-refractivity contribution in [2.24, 2.45) is 0 Å². The van der Waals surface area contributed by atoms with Crippen LogP contribution in [0.3, 0.4) is 0 Å². The van der Waals surface area contributed by atoms with Crippen molar-refractivity contribution in [1.29, 1.82) is 5.26 Å². The maximum atomic E-state index is 13.3. The molecule has 0 radical (unpaired) electrons. The minimum Gasteiger partial charge on any atom is -0.313 e. The number of anilines is 2. The second-order valence-electron chi connectivity index (χ2n) is 6.19. The number of hydrogen-bond acceptors (Lipinski definition) is 7. The van der Waals surface area contributed by atoms with Gasteiger partial charge >= 0.3 is 0 Å². The Bertz CT molecular complexity index is 1220. The Morgan fingerprint density at radius 2 is 1.87 bits per heavy atom. The van der Waals surface area contributed by atoms with Gasteiger partial charge in [-0.05, 0) is 57.9 Å². The van der Waals surface area contributed by atoms with Gasteiger partial charge in [0.1, 0.15) is 9.60 Å². The highest BCUT2D eigenvalue weighted by Crippen LogP contribution is 2.36. The summed E-state index contributed by atoms with van der Waals surface area (Å²) in [7, 11) is -3.75. The molecule has 0 aliphatic rings. The third-order valence-corrected chi connectivity index (χ3v) is 6.14. The van der Waals surface area contributed by atoms with Crippen molar-refractivity contribution in [2.75, 3.05) is 11.2 Å². The summed E-state index contributed by atoms with van der Waals surface area (Å²) in [6.07, 6.45) is 0.879. The van der Waals surface area contributed by atoms with Gasteiger partial charge in [-0.2, -0.15) is 5.26 Å². The van der Waals surface area contributed by atoms with E-state index in [9.17, 15) is 17.6 Å². The number of nitrogens with zero attached hydrogens (tertiary/aromatic N) is 3. The largest absolute Gasteiger partial charge is 0.313 e. The van der Waals surface area contributed by atoms with Crippen LogP contribution >= 0.6 is 27.3 Å². The summed E-state index contributed by atoms with van der Waals surface area (Å²) >= 11 is 4.41. The van der Waals surface area contributed by atoms with E-state index in [1.807, 2.05) is 10.8 Å². The van der Waals surface area contributed by atoms with Gasteiger partial charge in [0.15, 0.2) is 10.8 Å². The highest BCUT2D eigenvalue weighted by Gasteiger charge is 2.23. The van der Waals surface area contributed by atoms with Crippen molar-refractivity contribution in [3.05, 3.63) is 75.0 Å². The highest BCUT2D eigenvalue weighted by molar-refractivity contribution is 9.11. The van der Waals surface area contributed by atoms with E-state index < -0.39 is 15.9 Å². The highest BCUT2D eigenvalue weighted by atomic mass is 79.9. The number of aromatic nitrogens is 1. The second-order valence-corrected chi connectivity index (χ2v) is 10.2. The molecule has 0 saturated carbocycles. The molecule has 2 aromatic carbocycles. The Hall–Kier alpha value is -2.81. The van der Waals surface area contributed by atoms with Crippen molar-refractivity contribution < 1.29 is 17.6 Å². The lowest BCUT2D eigenvalue weighted by atomic mass is 10.1. The average molecular weight is 509 g/mol. The van der Waals surface area contributed by atoms with Gasteiger partial charge < -0.3 is 4.90 Å². The van der Waals surface area contributed by atoms with Crippen LogP contribution in [0.1, 0.15) is 21.6 Å². The Balaban J connectivity index is 2.01. The van der Waals surface area contributed by atoms with E-state index in [-0.39, 0.29) is 11.5 Å². The van der Waals surface area contributed by atoms with Crippen LogP contribution in [0.25, 0.3) is 0 Å². The summed E-state index contributed by atoms with van der Waals surface area (Å²) in [6.45, 7) is 0.305. The number of nitriles is 1. The van der Waals surface area contributed by atoms with Crippen molar-refractivity contribution in [2.45, 2.75) is 6.54 Å². The second kappa shape index (κ2) is 8.91. The molecule has 30 heavy (non-hydrogen) atoms. The molecule has 1 N–H and O–H groups in total. The molecule has 0 saturated heterocycles.